The van der Waals surface area contributed by atoms with E-state index in [2.05, 4.69) is 89.1 Å². The van der Waals surface area contributed by atoms with Gasteiger partial charge in [0.15, 0.2) is 5.84 Å². The number of anilines is 2. The number of benzene rings is 4. The first-order valence-electron chi connectivity index (χ1n) is 14.3. The van der Waals surface area contributed by atoms with E-state index in [0.29, 0.717) is 0 Å². The predicted molar refractivity (Wildman–Crippen MR) is 185 cm³/mol. The van der Waals surface area contributed by atoms with Gasteiger partial charge in [0, 0.05) is 11.3 Å². The fraction of sp³-hybridized carbons (Fsp3) is 0.0513. The second-order valence-corrected chi connectivity index (χ2v) is 9.79. The molecule has 7 rings (SSSR count). The third kappa shape index (κ3) is 11.8. The Kier molecular flexibility index (Phi) is 17.4. The third-order valence-electron chi connectivity index (χ3n) is 6.52. The minimum Gasteiger partial charge on any atom is 2.00 e. The summed E-state index contributed by atoms with van der Waals surface area (Å²) >= 11 is 2.22. The molecule has 0 spiro atoms. The largest absolute Gasteiger partial charge is 2.00 e. The summed E-state index contributed by atoms with van der Waals surface area (Å²) in [6, 6.07) is 38.6. The molecular weight excluding hydrogens is 722 g/mol. The van der Waals surface area contributed by atoms with E-state index in [0.717, 1.165) is 40.1 Å². The SMILES string of the molecule is CC(=Nc1ccc(C)cc1)[C]1[C-][CH][CH][CH]1.[CH]1[CH][CH][CH][CH]1.[C]1N(c2ccccc2)N=C(c2ccccc2)N1c1ccccc1.[Cl][Pd+].[Fe+2]. The average molecular weight is 755 g/mol. The molecule has 1 aliphatic heterocycles. The number of amidine groups is 1. The fourth-order valence-electron chi connectivity index (χ4n) is 4.27. The van der Waals surface area contributed by atoms with Gasteiger partial charge in [0.05, 0.1) is 11.4 Å². The van der Waals surface area contributed by atoms with E-state index in [1.54, 1.807) is 5.01 Å². The average Bonchev–Trinajstić information content (AvgIpc) is 3.93. The number of hydrogen-bond acceptors (Lipinski definition) is 4. The van der Waals surface area contributed by atoms with Crippen LogP contribution in [0.1, 0.15) is 18.1 Å². The Balaban J connectivity index is 0.000000215. The van der Waals surface area contributed by atoms with Gasteiger partial charge in [-0.05, 0) is 88.1 Å². The molecule has 12 radical (unpaired) electrons. The standard InChI is InChI=1S/C20H15N3.C14H13N.C5H5.ClH.Fe.Pd/c1-4-10-17(11-5-1)20-21-23(19-14-8-3-9-15-19)16-22(20)18-12-6-2-7-13-18;1-11-7-9-14(10-8-11)15-12(2)13-5-3-4-6-13;1-2-4-5-3-1;;;/h1-15H;3-5,7-10H,1-2H3;1-5H;1H;;/q;-1;;;2*+2/p-1. The molecule has 2 fully saturated rings. The van der Waals surface area contributed by atoms with Crippen LogP contribution in [0.2, 0.25) is 0 Å². The van der Waals surface area contributed by atoms with E-state index in [-0.39, 0.29) is 17.1 Å². The Labute approximate surface area is 302 Å². The number of halogens is 1. The van der Waals surface area contributed by atoms with E-state index < -0.39 is 0 Å². The summed E-state index contributed by atoms with van der Waals surface area (Å²) in [5.74, 6) is 1.93. The first-order chi connectivity index (χ1) is 22.2. The zero-order chi connectivity index (χ0) is 31.7. The molecular formula is C39H33ClFeN4Pd+2. The molecule has 0 saturated heterocycles. The van der Waals surface area contributed by atoms with Crippen LogP contribution in [0.25, 0.3) is 0 Å². The Hall–Kier alpha value is -2.71. The first-order valence-corrected chi connectivity index (χ1v) is 16.3. The van der Waals surface area contributed by atoms with Crippen LogP contribution in [0, 0.1) is 77.3 Å². The van der Waals surface area contributed by atoms with Crippen LogP contribution in [-0.2, 0) is 35.2 Å². The van der Waals surface area contributed by atoms with Crippen molar-refractivity contribution in [3.63, 3.8) is 0 Å². The Bertz CT molecular complexity index is 1430. The molecule has 46 heavy (non-hydrogen) atoms. The van der Waals surface area contributed by atoms with Crippen molar-refractivity contribution in [2.75, 3.05) is 9.91 Å². The Morgan fingerprint density at radius 3 is 1.76 bits per heavy atom. The minimum atomic E-state index is 0. The van der Waals surface area contributed by atoms with Crippen LogP contribution in [-0.4, -0.2) is 11.5 Å². The number of rotatable bonds is 5. The maximum atomic E-state index is 4.75. The second-order valence-electron chi connectivity index (χ2n) is 9.79. The van der Waals surface area contributed by atoms with Crippen molar-refractivity contribution >= 4 is 38.1 Å². The number of nitrogens with zero attached hydrogens (tertiary/aromatic N) is 4. The molecule has 4 aromatic carbocycles. The minimum absolute atomic E-state index is 0. The summed E-state index contributed by atoms with van der Waals surface area (Å²) in [6.45, 7) is 7.42. The fourth-order valence-corrected chi connectivity index (χ4v) is 4.27. The maximum Gasteiger partial charge on any atom is 2.00 e. The van der Waals surface area contributed by atoms with Crippen LogP contribution < -0.4 is 9.91 Å². The van der Waals surface area contributed by atoms with Gasteiger partial charge in [-0.3, -0.25) is 9.89 Å². The number of hydrogen-bond donors (Lipinski definition) is 0. The maximum absolute atomic E-state index is 4.75. The van der Waals surface area contributed by atoms with Gasteiger partial charge in [0.1, 0.15) is 0 Å². The monoisotopic (exact) mass is 754 g/mol. The van der Waals surface area contributed by atoms with Crippen LogP contribution in [0.5, 0.6) is 0 Å². The molecule has 0 unspecified atom stereocenters. The Morgan fingerprint density at radius 1 is 0.717 bits per heavy atom. The van der Waals surface area contributed by atoms with E-state index in [9.17, 15) is 0 Å². The molecule has 4 aromatic rings. The van der Waals surface area contributed by atoms with Crippen LogP contribution in [0.4, 0.5) is 17.1 Å². The molecule has 0 atom stereocenters. The first kappa shape index (κ1) is 37.7. The van der Waals surface area contributed by atoms with Gasteiger partial charge in [-0.2, -0.15) is 11.0 Å². The smallest absolute Gasteiger partial charge is 2.00 e. The second kappa shape index (κ2) is 21.2. The van der Waals surface area contributed by atoms with E-state index in [4.69, 9.17) is 5.10 Å². The molecule has 2 saturated carbocycles. The molecule has 0 amide bonds. The van der Waals surface area contributed by atoms with Crippen LogP contribution in [0.15, 0.2) is 125 Å². The van der Waals surface area contributed by atoms with Gasteiger partial charge in [-0.1, -0.05) is 97.3 Å². The van der Waals surface area contributed by atoms with E-state index in [1.165, 1.54) is 5.56 Å². The summed E-state index contributed by atoms with van der Waals surface area (Å²) in [6.07, 6.45) is 19.0. The van der Waals surface area contributed by atoms with Gasteiger partial charge in [-0.15, -0.1) is 0 Å². The Morgan fingerprint density at radius 2 is 1.24 bits per heavy atom. The molecule has 0 N–H and O–H groups in total. The third-order valence-corrected chi connectivity index (χ3v) is 6.52. The number of aryl methyl sites for hydroxylation is 1. The van der Waals surface area contributed by atoms with Crippen molar-refractivity contribution in [2.24, 2.45) is 10.1 Å². The van der Waals surface area contributed by atoms with E-state index in [1.807, 2.05) is 142 Å². The van der Waals surface area contributed by atoms with Crippen molar-refractivity contribution in [3.8, 4) is 0 Å². The normalized spacial score (nSPS) is 15.8. The molecule has 7 heteroatoms. The molecule has 232 valence electrons. The summed E-state index contributed by atoms with van der Waals surface area (Å²) in [7, 11) is 4.49. The summed E-state index contributed by atoms with van der Waals surface area (Å²) in [5, 5.41) is 6.54. The summed E-state index contributed by atoms with van der Waals surface area (Å²) < 4.78 is 0. The van der Waals surface area contributed by atoms with Gasteiger partial charge in [0.2, 0.25) is 6.67 Å². The van der Waals surface area contributed by atoms with Gasteiger partial charge >= 0.3 is 44.8 Å². The topological polar surface area (TPSA) is 31.2 Å². The van der Waals surface area contributed by atoms with Crippen LogP contribution >= 0.6 is 9.53 Å². The quantitative estimate of drug-likeness (QED) is 0.116. The zero-order valence-electron chi connectivity index (χ0n) is 25.4. The molecule has 4 nitrogen and oxygen atoms in total. The summed E-state index contributed by atoms with van der Waals surface area (Å²) in [4.78, 5) is 6.52. The van der Waals surface area contributed by atoms with E-state index >= 15 is 0 Å². The summed E-state index contributed by atoms with van der Waals surface area (Å²) in [5.41, 5.74) is 6.33. The number of hydrazone groups is 1. The van der Waals surface area contributed by atoms with Gasteiger partial charge in [0.25, 0.3) is 0 Å². The van der Waals surface area contributed by atoms with Crippen molar-refractivity contribution in [1.82, 2.24) is 0 Å². The van der Waals surface area contributed by atoms with Crippen LogP contribution in [0.3, 0.4) is 0 Å². The van der Waals surface area contributed by atoms with Crippen molar-refractivity contribution in [3.05, 3.63) is 197 Å². The van der Waals surface area contributed by atoms with Crippen molar-refractivity contribution in [1.29, 1.82) is 0 Å². The molecule has 0 bridgehead atoms. The number of aliphatic imine (C=N–C) groups is 1. The molecule has 0 aromatic heterocycles. The van der Waals surface area contributed by atoms with Crippen molar-refractivity contribution < 1.29 is 35.2 Å². The van der Waals surface area contributed by atoms with Gasteiger partial charge < -0.3 is 6.42 Å². The number of para-hydroxylation sites is 2. The molecule has 2 aliphatic carbocycles. The zero-order valence-corrected chi connectivity index (χ0v) is 28.8. The predicted octanol–water partition coefficient (Wildman–Crippen LogP) is 9.45. The molecule has 1 heterocycles. The van der Waals surface area contributed by atoms with Crippen molar-refractivity contribution in [2.45, 2.75) is 13.8 Å². The molecule has 3 aliphatic rings. The van der Waals surface area contributed by atoms with Gasteiger partial charge in [-0.25, -0.2) is 11.4 Å².